The number of hydrogen-bond acceptors (Lipinski definition) is 4. The summed E-state index contributed by atoms with van der Waals surface area (Å²) in [4.78, 5) is 16.1. The minimum absolute atomic E-state index is 0.253. The second kappa shape index (κ2) is 4.70. The molecule has 19 heavy (non-hydrogen) atoms. The summed E-state index contributed by atoms with van der Waals surface area (Å²) in [5, 5.41) is 2.75. The molecule has 1 aliphatic heterocycles. The maximum absolute atomic E-state index is 12.0. The van der Waals surface area contributed by atoms with Crippen LogP contribution in [-0.4, -0.2) is 17.0 Å². The van der Waals surface area contributed by atoms with Crippen molar-refractivity contribution in [3.05, 3.63) is 54.2 Å². The number of amides is 1. The Bertz CT molecular complexity index is 601. The maximum Gasteiger partial charge on any atom is 0.267 e. The number of pyridine rings is 1. The summed E-state index contributed by atoms with van der Waals surface area (Å²) in [6.07, 6.45) is 0.839. The second-order valence-electron chi connectivity index (χ2n) is 4.32. The van der Waals surface area contributed by atoms with Gasteiger partial charge in [-0.15, -0.1) is 0 Å². The molecule has 2 heterocycles. The van der Waals surface area contributed by atoms with E-state index in [2.05, 4.69) is 10.3 Å². The van der Waals surface area contributed by atoms with Gasteiger partial charge >= 0.3 is 0 Å². The van der Waals surface area contributed by atoms with Crippen molar-refractivity contribution in [1.29, 1.82) is 0 Å². The highest BCUT2D eigenvalue weighted by Crippen LogP contribution is 2.30. The van der Waals surface area contributed by atoms with Crippen molar-refractivity contribution >= 4 is 11.6 Å². The van der Waals surface area contributed by atoms with Crippen molar-refractivity contribution in [2.24, 2.45) is 5.73 Å². The number of fused-ring (bicyclic) bond motifs is 1. The molecule has 96 valence electrons. The number of rotatable bonds is 2. The van der Waals surface area contributed by atoms with E-state index in [1.165, 1.54) is 0 Å². The molecular weight excluding hydrogens is 242 g/mol. The van der Waals surface area contributed by atoms with E-state index in [0.717, 1.165) is 5.56 Å². The number of carbonyl (C=O) groups excluding carboxylic acids is 1. The van der Waals surface area contributed by atoms with Crippen LogP contribution in [0, 0.1) is 0 Å². The van der Waals surface area contributed by atoms with Gasteiger partial charge in [-0.25, -0.2) is 4.98 Å². The number of benzene rings is 1. The standard InChI is InChI=1S/C14H13N3O2/c15-11(9-5-2-1-3-6-9)12-13(18)17-10-7-4-8-16-14(10)19-12/h1-8,11-12H,15H2,(H,17,18)/t11-,12-/m1/s1. The quantitative estimate of drug-likeness (QED) is 0.852. The lowest BCUT2D eigenvalue weighted by Crippen LogP contribution is -2.44. The lowest BCUT2D eigenvalue weighted by molar-refractivity contribution is -0.124. The largest absolute Gasteiger partial charge is 0.461 e. The van der Waals surface area contributed by atoms with Gasteiger partial charge in [0.1, 0.15) is 5.69 Å². The first-order chi connectivity index (χ1) is 9.25. The number of nitrogens with two attached hydrogens (primary N) is 1. The lowest BCUT2D eigenvalue weighted by Gasteiger charge is -2.28. The molecule has 1 amide bonds. The van der Waals surface area contributed by atoms with E-state index in [1.54, 1.807) is 18.3 Å². The van der Waals surface area contributed by atoms with Crippen LogP contribution in [0.2, 0.25) is 0 Å². The first-order valence-corrected chi connectivity index (χ1v) is 5.99. The van der Waals surface area contributed by atoms with Crippen molar-refractivity contribution in [2.75, 3.05) is 5.32 Å². The van der Waals surface area contributed by atoms with Crippen molar-refractivity contribution in [3.8, 4) is 5.88 Å². The summed E-state index contributed by atoms with van der Waals surface area (Å²) in [5.74, 6) is 0.148. The summed E-state index contributed by atoms with van der Waals surface area (Å²) < 4.78 is 5.61. The highest BCUT2D eigenvalue weighted by molar-refractivity contribution is 5.97. The molecule has 0 unspecified atom stereocenters. The van der Waals surface area contributed by atoms with Gasteiger partial charge in [0.05, 0.1) is 6.04 Å². The predicted octanol–water partition coefficient (Wildman–Crippen LogP) is 1.48. The van der Waals surface area contributed by atoms with Gasteiger partial charge < -0.3 is 15.8 Å². The summed E-state index contributed by atoms with van der Waals surface area (Å²) in [6, 6.07) is 12.3. The Morgan fingerprint density at radius 2 is 2.00 bits per heavy atom. The second-order valence-corrected chi connectivity index (χ2v) is 4.32. The fourth-order valence-corrected chi connectivity index (χ4v) is 2.04. The van der Waals surface area contributed by atoms with Gasteiger partial charge in [-0.3, -0.25) is 4.79 Å². The van der Waals surface area contributed by atoms with E-state index in [9.17, 15) is 4.79 Å². The molecule has 1 aromatic carbocycles. The normalized spacial score (nSPS) is 19.0. The molecule has 0 saturated carbocycles. The van der Waals surface area contributed by atoms with E-state index in [-0.39, 0.29) is 5.91 Å². The Kier molecular flexibility index (Phi) is 2.89. The summed E-state index contributed by atoms with van der Waals surface area (Å²) in [7, 11) is 0. The van der Waals surface area contributed by atoms with Gasteiger partial charge in [-0.05, 0) is 17.7 Å². The summed E-state index contributed by atoms with van der Waals surface area (Å²) in [6.45, 7) is 0. The molecule has 1 aliphatic rings. The number of carbonyl (C=O) groups is 1. The highest BCUT2D eigenvalue weighted by Gasteiger charge is 2.34. The lowest BCUT2D eigenvalue weighted by atomic mass is 10.0. The van der Waals surface area contributed by atoms with Crippen LogP contribution in [0.4, 0.5) is 5.69 Å². The first kappa shape index (κ1) is 11.7. The van der Waals surface area contributed by atoms with Gasteiger partial charge in [0.15, 0.2) is 6.10 Å². The molecule has 3 rings (SSSR count). The molecule has 2 atom stereocenters. The van der Waals surface area contributed by atoms with Gasteiger partial charge in [0, 0.05) is 6.20 Å². The van der Waals surface area contributed by atoms with Crippen LogP contribution in [0.1, 0.15) is 11.6 Å². The number of ether oxygens (including phenoxy) is 1. The molecule has 0 saturated heterocycles. The molecule has 2 aromatic rings. The fraction of sp³-hybridized carbons (Fsp3) is 0.143. The monoisotopic (exact) mass is 255 g/mol. The Balaban J connectivity index is 1.89. The van der Waals surface area contributed by atoms with Crippen LogP contribution in [-0.2, 0) is 4.79 Å². The fourth-order valence-electron chi connectivity index (χ4n) is 2.04. The Morgan fingerprint density at radius 1 is 1.21 bits per heavy atom. The first-order valence-electron chi connectivity index (χ1n) is 5.99. The average Bonchev–Trinajstić information content (AvgIpc) is 2.47. The molecular formula is C14H13N3O2. The van der Waals surface area contributed by atoms with Crippen LogP contribution >= 0.6 is 0 Å². The van der Waals surface area contributed by atoms with Gasteiger partial charge in [-0.1, -0.05) is 30.3 Å². The molecule has 0 radical (unpaired) electrons. The van der Waals surface area contributed by atoms with Crippen LogP contribution in [0.3, 0.4) is 0 Å². The van der Waals surface area contributed by atoms with Crippen molar-refractivity contribution in [2.45, 2.75) is 12.1 Å². The Morgan fingerprint density at radius 3 is 2.79 bits per heavy atom. The molecule has 0 bridgehead atoms. The zero-order valence-electron chi connectivity index (χ0n) is 10.1. The average molecular weight is 255 g/mol. The third kappa shape index (κ3) is 2.15. The topological polar surface area (TPSA) is 77.2 Å². The number of nitrogens with zero attached hydrogens (tertiary/aromatic N) is 1. The third-order valence-electron chi connectivity index (χ3n) is 3.04. The SMILES string of the molecule is N[C@H](c1ccccc1)[C@H]1Oc2ncccc2NC1=O. The summed E-state index contributed by atoms with van der Waals surface area (Å²) in [5.41, 5.74) is 7.53. The van der Waals surface area contributed by atoms with Gasteiger partial charge in [0.25, 0.3) is 5.91 Å². The van der Waals surface area contributed by atoms with Crippen molar-refractivity contribution in [1.82, 2.24) is 4.98 Å². The number of anilines is 1. The molecule has 5 heteroatoms. The van der Waals surface area contributed by atoms with E-state index in [0.29, 0.717) is 11.6 Å². The van der Waals surface area contributed by atoms with Crippen LogP contribution in [0.5, 0.6) is 5.88 Å². The maximum atomic E-state index is 12.0. The van der Waals surface area contributed by atoms with Gasteiger partial charge in [0.2, 0.25) is 5.88 Å². The van der Waals surface area contributed by atoms with Crippen LogP contribution < -0.4 is 15.8 Å². The van der Waals surface area contributed by atoms with E-state index < -0.39 is 12.1 Å². The number of aromatic nitrogens is 1. The smallest absolute Gasteiger partial charge is 0.267 e. The number of nitrogens with one attached hydrogen (secondary N) is 1. The number of hydrogen-bond donors (Lipinski definition) is 2. The molecule has 0 fully saturated rings. The summed E-state index contributed by atoms with van der Waals surface area (Å²) >= 11 is 0. The zero-order valence-corrected chi connectivity index (χ0v) is 10.1. The molecule has 5 nitrogen and oxygen atoms in total. The van der Waals surface area contributed by atoms with Gasteiger partial charge in [-0.2, -0.15) is 0 Å². The third-order valence-corrected chi connectivity index (χ3v) is 3.04. The predicted molar refractivity (Wildman–Crippen MR) is 70.7 cm³/mol. The molecule has 1 aromatic heterocycles. The van der Waals surface area contributed by atoms with Crippen molar-refractivity contribution < 1.29 is 9.53 Å². The zero-order chi connectivity index (χ0) is 13.2. The minimum atomic E-state index is -0.773. The van der Waals surface area contributed by atoms with Crippen LogP contribution in [0.25, 0.3) is 0 Å². The van der Waals surface area contributed by atoms with Crippen LogP contribution in [0.15, 0.2) is 48.7 Å². The van der Waals surface area contributed by atoms with E-state index >= 15 is 0 Å². The highest BCUT2D eigenvalue weighted by atomic mass is 16.5. The van der Waals surface area contributed by atoms with E-state index in [4.69, 9.17) is 10.5 Å². The van der Waals surface area contributed by atoms with Crippen molar-refractivity contribution in [3.63, 3.8) is 0 Å². The molecule has 0 aliphatic carbocycles. The Labute approximate surface area is 110 Å². The Hall–Kier alpha value is -2.40. The molecule has 0 spiro atoms. The minimum Gasteiger partial charge on any atom is -0.461 e. The van der Waals surface area contributed by atoms with E-state index in [1.807, 2.05) is 30.3 Å². The molecule has 3 N–H and O–H groups in total.